The quantitative estimate of drug-likeness (QED) is 0.928. The van der Waals surface area contributed by atoms with Crippen LogP contribution >= 0.6 is 0 Å². The highest BCUT2D eigenvalue weighted by Crippen LogP contribution is 2.37. The van der Waals surface area contributed by atoms with Crippen molar-refractivity contribution in [2.45, 2.75) is 38.4 Å². The van der Waals surface area contributed by atoms with Crippen molar-refractivity contribution >= 4 is 0 Å². The minimum atomic E-state index is -0.482. The Balaban J connectivity index is 1.59. The second-order valence-electron chi connectivity index (χ2n) is 6.76. The molecule has 2 heterocycles. The summed E-state index contributed by atoms with van der Waals surface area (Å²) in [4.78, 5) is 2.15. The van der Waals surface area contributed by atoms with E-state index < -0.39 is 6.29 Å². The number of fused-ring (bicyclic) bond motifs is 1. The number of likely N-dealkylation sites (tertiary alicyclic amines) is 1. The Labute approximate surface area is 146 Å². The van der Waals surface area contributed by atoms with Gasteiger partial charge in [0.2, 0.25) is 6.29 Å². The summed E-state index contributed by atoms with van der Waals surface area (Å²) in [6.45, 7) is 2.41. The summed E-state index contributed by atoms with van der Waals surface area (Å²) in [5.41, 5.74) is 2.49. The lowest BCUT2D eigenvalue weighted by Crippen LogP contribution is -2.37. The zero-order valence-electron chi connectivity index (χ0n) is 14.0. The molecule has 2 aliphatic rings. The highest BCUT2D eigenvalue weighted by molar-refractivity contribution is 5.43. The summed E-state index contributed by atoms with van der Waals surface area (Å²) in [7, 11) is 0. The van der Waals surface area contributed by atoms with Crippen LogP contribution in [0.1, 0.15) is 35.8 Å². The molecule has 0 amide bonds. The van der Waals surface area contributed by atoms with Gasteiger partial charge in [0.25, 0.3) is 0 Å². The van der Waals surface area contributed by atoms with Gasteiger partial charge < -0.3 is 14.6 Å². The molecule has 4 nitrogen and oxygen atoms in total. The van der Waals surface area contributed by atoms with Crippen LogP contribution in [0.5, 0.6) is 5.75 Å². The van der Waals surface area contributed by atoms with Gasteiger partial charge in [-0.3, -0.25) is 4.90 Å². The molecule has 0 bridgehead atoms. The topological polar surface area (TPSA) is 41.9 Å². The van der Waals surface area contributed by atoms with Crippen molar-refractivity contribution in [1.82, 2.24) is 4.90 Å². The van der Waals surface area contributed by atoms with Crippen LogP contribution in [0.2, 0.25) is 0 Å². The molecule has 2 aliphatic heterocycles. The zero-order chi connectivity index (χ0) is 17.2. The van der Waals surface area contributed by atoms with Gasteiger partial charge in [-0.05, 0) is 31.5 Å². The van der Waals surface area contributed by atoms with Gasteiger partial charge in [-0.25, -0.2) is 4.39 Å². The first-order chi connectivity index (χ1) is 12.2. The number of aliphatic hydroxyl groups excluding tert-OH is 1. The Morgan fingerprint density at radius 2 is 2.04 bits per heavy atom. The molecular formula is C20H22FNO3. The smallest absolute Gasteiger partial charge is 0.227 e. The predicted octanol–water partition coefficient (Wildman–Crippen LogP) is 3.39. The maximum Gasteiger partial charge on any atom is 0.227 e. The third-order valence-electron chi connectivity index (χ3n) is 4.77. The second-order valence-corrected chi connectivity index (χ2v) is 6.76. The van der Waals surface area contributed by atoms with Crippen molar-refractivity contribution in [2.75, 3.05) is 13.1 Å². The van der Waals surface area contributed by atoms with Crippen molar-refractivity contribution in [1.29, 1.82) is 0 Å². The van der Waals surface area contributed by atoms with Crippen LogP contribution in [0.15, 0.2) is 42.5 Å². The molecule has 25 heavy (non-hydrogen) atoms. The molecule has 1 fully saturated rings. The zero-order valence-corrected chi connectivity index (χ0v) is 14.0. The Kier molecular flexibility index (Phi) is 4.70. The number of aliphatic hydroxyl groups is 1. The molecule has 1 N–H and O–H groups in total. The van der Waals surface area contributed by atoms with Gasteiger partial charge in [-0.15, -0.1) is 0 Å². The van der Waals surface area contributed by atoms with E-state index in [4.69, 9.17) is 9.47 Å². The number of hydrogen-bond acceptors (Lipinski definition) is 4. The molecule has 5 heteroatoms. The minimum Gasteiger partial charge on any atom is -0.460 e. The molecule has 1 saturated heterocycles. The number of piperidine rings is 1. The molecule has 2 unspecified atom stereocenters. The van der Waals surface area contributed by atoms with Crippen LogP contribution in [0.3, 0.4) is 0 Å². The average Bonchev–Trinajstić information content (AvgIpc) is 2.62. The molecule has 2 aromatic carbocycles. The first-order valence-corrected chi connectivity index (χ1v) is 8.74. The van der Waals surface area contributed by atoms with Crippen molar-refractivity contribution in [3.8, 4) is 5.75 Å². The van der Waals surface area contributed by atoms with E-state index in [0.717, 1.165) is 36.1 Å². The van der Waals surface area contributed by atoms with Crippen LogP contribution in [0.25, 0.3) is 0 Å². The van der Waals surface area contributed by atoms with Crippen molar-refractivity contribution in [3.05, 3.63) is 65.0 Å². The van der Waals surface area contributed by atoms with Gasteiger partial charge in [0.05, 0.1) is 12.7 Å². The fraction of sp³-hybridized carbons (Fsp3) is 0.400. The van der Waals surface area contributed by atoms with E-state index in [0.29, 0.717) is 25.4 Å². The van der Waals surface area contributed by atoms with Crippen LogP contribution in [0.4, 0.5) is 4.39 Å². The Morgan fingerprint density at radius 1 is 1.20 bits per heavy atom. The third-order valence-corrected chi connectivity index (χ3v) is 4.77. The Morgan fingerprint density at radius 3 is 2.84 bits per heavy atom. The number of β-amino-alcohol motifs (C(OH)–C–C–N with tert-alkyl or cyclic N) is 1. The van der Waals surface area contributed by atoms with Crippen molar-refractivity contribution in [2.24, 2.45) is 0 Å². The first-order valence-electron chi connectivity index (χ1n) is 8.74. The van der Waals surface area contributed by atoms with Crippen LogP contribution in [-0.4, -0.2) is 29.2 Å². The maximum atomic E-state index is 14.0. The number of benzene rings is 2. The molecule has 2 atom stereocenters. The number of nitrogens with zero attached hydrogens (tertiary/aromatic N) is 1. The molecule has 0 aromatic heterocycles. The molecule has 2 aromatic rings. The highest BCUT2D eigenvalue weighted by atomic mass is 19.1. The number of hydrogen-bond donors (Lipinski definition) is 1. The van der Waals surface area contributed by atoms with Gasteiger partial charge in [0, 0.05) is 29.8 Å². The Hall–Kier alpha value is -1.95. The van der Waals surface area contributed by atoms with E-state index in [1.54, 1.807) is 0 Å². The fourth-order valence-corrected chi connectivity index (χ4v) is 3.58. The summed E-state index contributed by atoms with van der Waals surface area (Å²) in [6.07, 6.45) is 0.998. The lowest BCUT2D eigenvalue weighted by atomic mass is 10.0. The lowest BCUT2D eigenvalue weighted by molar-refractivity contribution is -0.112. The number of halogens is 1. The Bertz CT molecular complexity index is 737. The maximum absolute atomic E-state index is 14.0. The third kappa shape index (κ3) is 3.68. The molecule has 4 rings (SSSR count). The van der Waals surface area contributed by atoms with Crippen LogP contribution in [-0.2, 0) is 17.9 Å². The second kappa shape index (κ2) is 7.12. The van der Waals surface area contributed by atoms with Crippen LogP contribution in [0, 0.1) is 5.82 Å². The predicted molar refractivity (Wildman–Crippen MR) is 91.5 cm³/mol. The number of rotatable bonds is 3. The van der Waals surface area contributed by atoms with E-state index >= 15 is 0 Å². The van der Waals surface area contributed by atoms with Crippen LogP contribution < -0.4 is 4.74 Å². The molecule has 132 valence electrons. The summed E-state index contributed by atoms with van der Waals surface area (Å²) in [6, 6.07) is 12.8. The van der Waals surface area contributed by atoms with E-state index in [1.807, 2.05) is 30.3 Å². The molecule has 0 radical (unpaired) electrons. The molecule has 0 aliphatic carbocycles. The SMILES string of the molecule is OC1CCCN(Cc2cc(F)cc3c2OC(c2ccccc2)OC3)C1. The number of ether oxygens (including phenoxy) is 2. The van der Waals surface area contributed by atoms with E-state index in [9.17, 15) is 9.50 Å². The van der Waals surface area contributed by atoms with Gasteiger partial charge >= 0.3 is 0 Å². The summed E-state index contributed by atoms with van der Waals surface area (Å²) in [5, 5.41) is 9.87. The highest BCUT2D eigenvalue weighted by Gasteiger charge is 2.27. The van der Waals surface area contributed by atoms with Gasteiger partial charge in [-0.1, -0.05) is 30.3 Å². The van der Waals surface area contributed by atoms with E-state index in [2.05, 4.69) is 4.90 Å². The summed E-state index contributed by atoms with van der Waals surface area (Å²) in [5.74, 6) is 0.429. The lowest BCUT2D eigenvalue weighted by Gasteiger charge is -2.32. The summed E-state index contributed by atoms with van der Waals surface area (Å²) >= 11 is 0. The largest absolute Gasteiger partial charge is 0.460 e. The molecule has 0 spiro atoms. The van der Waals surface area contributed by atoms with Crippen molar-refractivity contribution in [3.63, 3.8) is 0 Å². The van der Waals surface area contributed by atoms with Gasteiger partial charge in [-0.2, -0.15) is 0 Å². The van der Waals surface area contributed by atoms with E-state index in [1.165, 1.54) is 12.1 Å². The van der Waals surface area contributed by atoms with Gasteiger partial charge in [0.15, 0.2) is 0 Å². The first kappa shape index (κ1) is 16.5. The monoisotopic (exact) mass is 343 g/mol. The van der Waals surface area contributed by atoms with E-state index in [-0.39, 0.29) is 11.9 Å². The molecule has 0 saturated carbocycles. The molecular weight excluding hydrogens is 321 g/mol. The fourth-order valence-electron chi connectivity index (χ4n) is 3.58. The van der Waals surface area contributed by atoms with Gasteiger partial charge in [0.1, 0.15) is 11.6 Å². The van der Waals surface area contributed by atoms with Crippen molar-refractivity contribution < 1.29 is 19.0 Å². The normalized spacial score (nSPS) is 23.8. The average molecular weight is 343 g/mol. The standard InChI is InChI=1S/C20H22FNO3/c21-17-9-15(11-22-8-4-7-18(23)12-22)19-16(10-17)13-24-20(25-19)14-5-2-1-3-6-14/h1-3,5-6,9-10,18,20,23H,4,7-8,11-13H2. The minimum absolute atomic E-state index is 0.281. The summed E-state index contributed by atoms with van der Waals surface area (Å²) < 4.78 is 25.9.